The Balaban J connectivity index is 1.55. The minimum atomic E-state index is -0.241. The Labute approximate surface area is 171 Å². The number of rotatable bonds is 8. The lowest BCUT2D eigenvalue weighted by Crippen LogP contribution is -2.25. The van der Waals surface area contributed by atoms with Crippen LogP contribution in [0.1, 0.15) is 79.7 Å². The predicted molar refractivity (Wildman–Crippen MR) is 112 cm³/mol. The van der Waals surface area contributed by atoms with Gasteiger partial charge in [0.15, 0.2) is 5.16 Å². The number of aromatic nitrogens is 3. The number of phenolic OH excluding ortho intramolecular Hbond substituents is 1. The molecule has 6 nitrogen and oxygen atoms in total. The van der Waals surface area contributed by atoms with Crippen LogP contribution >= 0.6 is 11.8 Å². The molecule has 1 aromatic heterocycles. The summed E-state index contributed by atoms with van der Waals surface area (Å²) in [5.41, 5.74) is 1.34. The topological polar surface area (TPSA) is 80.0 Å². The normalized spacial score (nSPS) is 14.7. The second kappa shape index (κ2) is 9.45. The number of aromatic hydroxyl groups is 1. The summed E-state index contributed by atoms with van der Waals surface area (Å²) >= 11 is 1.64. The molecule has 0 bridgehead atoms. The number of thioether (sulfide) groups is 1. The van der Waals surface area contributed by atoms with Crippen LogP contribution in [-0.2, 0) is 6.42 Å². The van der Waals surface area contributed by atoms with E-state index >= 15 is 0 Å². The third-order valence-corrected chi connectivity index (χ3v) is 6.05. The molecule has 1 amide bonds. The maximum atomic E-state index is 12.4. The van der Waals surface area contributed by atoms with Crippen molar-refractivity contribution in [3.63, 3.8) is 0 Å². The first-order chi connectivity index (χ1) is 13.5. The van der Waals surface area contributed by atoms with Gasteiger partial charge in [-0.15, -0.1) is 10.2 Å². The van der Waals surface area contributed by atoms with Crippen LogP contribution in [-0.4, -0.2) is 38.6 Å². The molecule has 7 heteroatoms. The minimum Gasteiger partial charge on any atom is -0.507 e. The van der Waals surface area contributed by atoms with Crippen molar-refractivity contribution in [2.24, 2.45) is 0 Å². The maximum absolute atomic E-state index is 12.4. The van der Waals surface area contributed by atoms with Gasteiger partial charge in [-0.25, -0.2) is 0 Å². The van der Waals surface area contributed by atoms with E-state index in [1.807, 2.05) is 12.3 Å². The van der Waals surface area contributed by atoms with Gasteiger partial charge in [0.1, 0.15) is 11.6 Å². The number of hydrogen-bond acceptors (Lipinski definition) is 5. The summed E-state index contributed by atoms with van der Waals surface area (Å²) in [7, 11) is 0. The third kappa shape index (κ3) is 4.69. The summed E-state index contributed by atoms with van der Waals surface area (Å²) in [6.07, 6.45) is 8.54. The van der Waals surface area contributed by atoms with Crippen molar-refractivity contribution in [3.05, 3.63) is 35.2 Å². The zero-order valence-electron chi connectivity index (χ0n) is 16.9. The molecule has 0 saturated heterocycles. The SMILES string of the molecule is CSc1nnc(CCCNC(=O)c2ccc(C(C)C)cc2O)n1C1CCCC1. The summed E-state index contributed by atoms with van der Waals surface area (Å²) in [6.45, 7) is 4.65. The standard InChI is InChI=1S/C21H30N4O2S/c1-14(2)15-10-11-17(18(26)13-15)20(27)22-12-6-9-19-23-24-21(28-3)25(19)16-7-4-5-8-16/h10-11,13-14,16,26H,4-9,12H2,1-3H3,(H,22,27). The van der Waals surface area contributed by atoms with Gasteiger partial charge in [-0.1, -0.05) is 44.5 Å². The molecular weight excluding hydrogens is 372 g/mol. The quantitative estimate of drug-likeness (QED) is 0.508. The highest BCUT2D eigenvalue weighted by Gasteiger charge is 2.23. The maximum Gasteiger partial charge on any atom is 0.255 e. The number of amides is 1. The van der Waals surface area contributed by atoms with E-state index < -0.39 is 0 Å². The average Bonchev–Trinajstić information content (AvgIpc) is 3.33. The van der Waals surface area contributed by atoms with Gasteiger partial charge < -0.3 is 15.0 Å². The number of carbonyl (C=O) groups is 1. The number of aryl methyl sites for hydroxylation is 1. The summed E-state index contributed by atoms with van der Waals surface area (Å²) in [6, 6.07) is 5.78. The molecule has 1 fully saturated rings. The van der Waals surface area contributed by atoms with Gasteiger partial charge in [0.2, 0.25) is 0 Å². The summed E-state index contributed by atoms with van der Waals surface area (Å²) < 4.78 is 2.30. The molecule has 0 spiro atoms. The van der Waals surface area contributed by atoms with Gasteiger partial charge in [-0.05, 0) is 49.1 Å². The van der Waals surface area contributed by atoms with Crippen molar-refractivity contribution in [1.82, 2.24) is 20.1 Å². The van der Waals surface area contributed by atoms with E-state index in [9.17, 15) is 9.90 Å². The van der Waals surface area contributed by atoms with Crippen LogP contribution < -0.4 is 5.32 Å². The molecule has 152 valence electrons. The van der Waals surface area contributed by atoms with E-state index in [4.69, 9.17) is 0 Å². The first-order valence-electron chi connectivity index (χ1n) is 10.1. The first kappa shape index (κ1) is 20.7. The van der Waals surface area contributed by atoms with E-state index in [0.29, 0.717) is 24.1 Å². The monoisotopic (exact) mass is 402 g/mol. The number of nitrogens with one attached hydrogen (secondary N) is 1. The van der Waals surface area contributed by atoms with Crippen LogP contribution in [0.3, 0.4) is 0 Å². The van der Waals surface area contributed by atoms with Crippen LogP contribution in [0, 0.1) is 0 Å². The Bertz CT molecular complexity index is 813. The van der Waals surface area contributed by atoms with Gasteiger partial charge in [0, 0.05) is 19.0 Å². The fourth-order valence-electron chi connectivity index (χ4n) is 3.79. The van der Waals surface area contributed by atoms with Gasteiger partial charge in [0.05, 0.1) is 5.56 Å². The number of nitrogens with zero attached hydrogens (tertiary/aromatic N) is 3. The summed E-state index contributed by atoms with van der Waals surface area (Å²) in [4.78, 5) is 12.4. The van der Waals surface area contributed by atoms with Crippen LogP contribution in [0.25, 0.3) is 0 Å². The molecule has 0 radical (unpaired) electrons. The molecule has 1 aliphatic rings. The Morgan fingerprint density at radius 3 is 2.71 bits per heavy atom. The minimum absolute atomic E-state index is 0.0364. The Morgan fingerprint density at radius 1 is 1.32 bits per heavy atom. The fourth-order valence-corrected chi connectivity index (χ4v) is 4.36. The van der Waals surface area contributed by atoms with E-state index in [0.717, 1.165) is 29.4 Å². The highest BCUT2D eigenvalue weighted by Crippen LogP contribution is 2.33. The Kier molecular flexibility index (Phi) is 6.99. The lowest BCUT2D eigenvalue weighted by Gasteiger charge is -2.16. The van der Waals surface area contributed by atoms with E-state index in [1.165, 1.54) is 25.7 Å². The van der Waals surface area contributed by atoms with E-state index in [-0.39, 0.29) is 11.7 Å². The first-order valence-corrected chi connectivity index (χ1v) is 11.3. The van der Waals surface area contributed by atoms with Crippen LogP contribution in [0.5, 0.6) is 5.75 Å². The largest absolute Gasteiger partial charge is 0.507 e. The van der Waals surface area contributed by atoms with Crippen molar-refractivity contribution in [1.29, 1.82) is 0 Å². The lowest BCUT2D eigenvalue weighted by atomic mass is 10.0. The molecule has 1 heterocycles. The van der Waals surface area contributed by atoms with Gasteiger partial charge in [-0.3, -0.25) is 4.79 Å². The van der Waals surface area contributed by atoms with Crippen LogP contribution in [0.15, 0.2) is 23.4 Å². The highest BCUT2D eigenvalue weighted by molar-refractivity contribution is 7.98. The van der Waals surface area contributed by atoms with E-state index in [1.54, 1.807) is 23.9 Å². The molecule has 2 aromatic rings. The third-order valence-electron chi connectivity index (χ3n) is 5.40. The molecule has 1 aliphatic carbocycles. The molecule has 1 saturated carbocycles. The van der Waals surface area contributed by atoms with Crippen molar-refractivity contribution < 1.29 is 9.90 Å². The molecule has 28 heavy (non-hydrogen) atoms. The molecular formula is C21H30N4O2S. The second-order valence-electron chi connectivity index (χ2n) is 7.70. The predicted octanol–water partition coefficient (Wildman–Crippen LogP) is 4.31. The zero-order chi connectivity index (χ0) is 20.1. The van der Waals surface area contributed by atoms with Crippen molar-refractivity contribution in [2.75, 3.05) is 12.8 Å². The van der Waals surface area contributed by atoms with Crippen LogP contribution in [0.2, 0.25) is 0 Å². The fraction of sp³-hybridized carbons (Fsp3) is 0.571. The number of phenols is 1. The molecule has 0 atom stereocenters. The molecule has 0 unspecified atom stereocenters. The Hall–Kier alpha value is -2.02. The smallest absolute Gasteiger partial charge is 0.255 e. The molecule has 0 aliphatic heterocycles. The van der Waals surface area contributed by atoms with E-state index in [2.05, 4.69) is 33.9 Å². The molecule has 1 aromatic carbocycles. The van der Waals surface area contributed by atoms with Crippen molar-refractivity contribution >= 4 is 17.7 Å². The molecule has 3 rings (SSSR count). The number of benzene rings is 1. The number of hydrogen-bond donors (Lipinski definition) is 2. The number of carbonyl (C=O) groups excluding carboxylic acids is 1. The van der Waals surface area contributed by atoms with Crippen molar-refractivity contribution in [2.45, 2.75) is 69.5 Å². The second-order valence-corrected chi connectivity index (χ2v) is 8.48. The van der Waals surface area contributed by atoms with Crippen molar-refractivity contribution in [3.8, 4) is 5.75 Å². The summed E-state index contributed by atoms with van der Waals surface area (Å²) in [5.74, 6) is 1.12. The molecule has 2 N–H and O–H groups in total. The average molecular weight is 403 g/mol. The van der Waals surface area contributed by atoms with Gasteiger partial charge in [0.25, 0.3) is 5.91 Å². The van der Waals surface area contributed by atoms with Crippen LogP contribution in [0.4, 0.5) is 0 Å². The van der Waals surface area contributed by atoms with Gasteiger partial charge in [-0.2, -0.15) is 0 Å². The summed E-state index contributed by atoms with van der Waals surface area (Å²) in [5, 5.41) is 22.8. The Morgan fingerprint density at radius 2 is 2.07 bits per heavy atom. The highest BCUT2D eigenvalue weighted by atomic mass is 32.2. The van der Waals surface area contributed by atoms with Gasteiger partial charge >= 0.3 is 0 Å². The lowest BCUT2D eigenvalue weighted by molar-refractivity contribution is 0.0950. The zero-order valence-corrected chi connectivity index (χ0v) is 17.8.